The van der Waals surface area contributed by atoms with Crippen molar-refractivity contribution in [3.63, 3.8) is 0 Å². The van der Waals surface area contributed by atoms with Gasteiger partial charge in [0.25, 0.3) is 0 Å². The second kappa shape index (κ2) is 4.84. The van der Waals surface area contributed by atoms with Crippen molar-refractivity contribution in [3.05, 3.63) is 0 Å². The Kier molecular flexibility index (Phi) is 3.35. The van der Waals surface area contributed by atoms with E-state index in [2.05, 4.69) is 0 Å². The molecule has 0 unspecified atom stereocenters. The molecule has 3 heteroatoms. The fourth-order valence-corrected chi connectivity index (χ4v) is 3.72. The highest BCUT2D eigenvalue weighted by Gasteiger charge is 2.51. The van der Waals surface area contributed by atoms with Crippen LogP contribution in [-0.4, -0.2) is 29.4 Å². The summed E-state index contributed by atoms with van der Waals surface area (Å²) in [5.74, 6) is 1.87. The molecule has 0 atom stereocenters. The number of likely N-dealkylation sites (tertiary alicyclic amines) is 1. The molecule has 0 bridgehead atoms. The average Bonchev–Trinajstić information content (AvgIpc) is 3.18. The van der Waals surface area contributed by atoms with Gasteiger partial charge < -0.3 is 10.6 Å². The van der Waals surface area contributed by atoms with Gasteiger partial charge in [0.1, 0.15) is 0 Å². The second-order valence-corrected chi connectivity index (χ2v) is 6.80. The van der Waals surface area contributed by atoms with Crippen LogP contribution in [0.4, 0.5) is 0 Å². The largest absolute Gasteiger partial charge is 0.339 e. The molecule has 3 fully saturated rings. The van der Waals surface area contributed by atoms with Crippen molar-refractivity contribution in [3.8, 4) is 0 Å². The first-order valence-corrected chi connectivity index (χ1v) is 7.74. The van der Waals surface area contributed by atoms with Crippen LogP contribution in [0.3, 0.4) is 0 Å². The molecule has 18 heavy (non-hydrogen) atoms. The van der Waals surface area contributed by atoms with Gasteiger partial charge in [0.15, 0.2) is 0 Å². The topological polar surface area (TPSA) is 46.3 Å². The molecule has 0 aromatic rings. The summed E-state index contributed by atoms with van der Waals surface area (Å²) in [5.41, 5.74) is 6.27. The van der Waals surface area contributed by atoms with Crippen LogP contribution in [0.1, 0.15) is 57.8 Å². The van der Waals surface area contributed by atoms with E-state index in [0.717, 1.165) is 31.8 Å². The monoisotopic (exact) mass is 250 g/mol. The number of nitrogens with zero attached hydrogens (tertiary/aromatic N) is 1. The molecular formula is C15H26N2O. The molecule has 2 saturated carbocycles. The number of amides is 1. The number of carbonyl (C=O) groups is 1. The van der Waals surface area contributed by atoms with Gasteiger partial charge in [-0.15, -0.1) is 0 Å². The van der Waals surface area contributed by atoms with Crippen molar-refractivity contribution in [2.45, 2.75) is 63.3 Å². The van der Waals surface area contributed by atoms with Crippen LogP contribution in [0.25, 0.3) is 0 Å². The lowest BCUT2D eigenvalue weighted by atomic mass is 9.84. The number of hydrogen-bond donors (Lipinski definition) is 1. The van der Waals surface area contributed by atoms with Crippen molar-refractivity contribution < 1.29 is 4.79 Å². The predicted molar refractivity (Wildman–Crippen MR) is 72.0 cm³/mol. The van der Waals surface area contributed by atoms with Gasteiger partial charge in [0, 0.05) is 19.5 Å². The summed E-state index contributed by atoms with van der Waals surface area (Å²) in [4.78, 5) is 14.1. The van der Waals surface area contributed by atoms with E-state index >= 15 is 0 Å². The van der Waals surface area contributed by atoms with Crippen molar-refractivity contribution in [2.75, 3.05) is 13.1 Å². The second-order valence-electron chi connectivity index (χ2n) is 6.80. The first-order valence-electron chi connectivity index (χ1n) is 7.74. The zero-order valence-corrected chi connectivity index (χ0v) is 11.4. The Morgan fingerprint density at radius 2 is 1.78 bits per heavy atom. The van der Waals surface area contributed by atoms with Crippen LogP contribution in [-0.2, 0) is 4.79 Å². The standard InChI is InChI=1S/C15H26N2O/c16-15(13-7-8-13)10-17(11-15)14(18)9-6-12-4-2-1-3-5-12/h12-13H,1-11,16H2. The predicted octanol–water partition coefficient (Wildman–Crippen LogP) is 2.30. The molecule has 1 amide bonds. The molecule has 0 spiro atoms. The Morgan fingerprint density at radius 3 is 2.39 bits per heavy atom. The summed E-state index contributed by atoms with van der Waals surface area (Å²) in [6.07, 6.45) is 11.2. The molecule has 102 valence electrons. The maximum absolute atomic E-state index is 12.1. The Labute approximate surface area is 110 Å². The fourth-order valence-electron chi connectivity index (χ4n) is 3.72. The van der Waals surface area contributed by atoms with Gasteiger partial charge in [0.05, 0.1) is 5.54 Å². The normalized spacial score (nSPS) is 27.9. The molecule has 3 aliphatic rings. The van der Waals surface area contributed by atoms with E-state index in [1.807, 2.05) is 4.90 Å². The van der Waals surface area contributed by atoms with E-state index in [-0.39, 0.29) is 5.54 Å². The quantitative estimate of drug-likeness (QED) is 0.832. The van der Waals surface area contributed by atoms with Gasteiger partial charge in [-0.1, -0.05) is 32.1 Å². The van der Waals surface area contributed by atoms with E-state index in [1.165, 1.54) is 44.9 Å². The molecule has 0 radical (unpaired) electrons. The van der Waals surface area contributed by atoms with Gasteiger partial charge in [-0.25, -0.2) is 0 Å². The summed E-state index contributed by atoms with van der Waals surface area (Å²) in [5, 5.41) is 0. The van der Waals surface area contributed by atoms with Gasteiger partial charge in [-0.2, -0.15) is 0 Å². The highest BCUT2D eigenvalue weighted by Crippen LogP contribution is 2.43. The molecule has 1 aliphatic heterocycles. The minimum atomic E-state index is -0.0134. The van der Waals surface area contributed by atoms with Gasteiger partial charge in [0.2, 0.25) is 5.91 Å². The smallest absolute Gasteiger partial charge is 0.222 e. The third-order valence-corrected chi connectivity index (χ3v) is 5.20. The minimum Gasteiger partial charge on any atom is -0.339 e. The number of nitrogens with two attached hydrogens (primary N) is 1. The first-order chi connectivity index (χ1) is 8.67. The lowest BCUT2D eigenvalue weighted by Crippen LogP contribution is -2.69. The van der Waals surface area contributed by atoms with Gasteiger partial charge in [-0.05, 0) is 31.1 Å². The van der Waals surface area contributed by atoms with Crippen molar-refractivity contribution >= 4 is 5.91 Å². The molecule has 1 heterocycles. The molecule has 0 aromatic heterocycles. The Morgan fingerprint density at radius 1 is 1.11 bits per heavy atom. The minimum absolute atomic E-state index is 0.0134. The van der Waals surface area contributed by atoms with Crippen LogP contribution >= 0.6 is 0 Å². The number of rotatable bonds is 4. The fraction of sp³-hybridized carbons (Fsp3) is 0.933. The maximum Gasteiger partial charge on any atom is 0.222 e. The lowest BCUT2D eigenvalue weighted by Gasteiger charge is -2.48. The van der Waals surface area contributed by atoms with Gasteiger partial charge in [-0.3, -0.25) is 4.79 Å². The molecule has 1 saturated heterocycles. The van der Waals surface area contributed by atoms with Crippen molar-refractivity contribution in [1.82, 2.24) is 4.90 Å². The molecule has 3 rings (SSSR count). The maximum atomic E-state index is 12.1. The molecule has 3 nitrogen and oxygen atoms in total. The highest BCUT2D eigenvalue weighted by atomic mass is 16.2. The zero-order valence-electron chi connectivity index (χ0n) is 11.4. The van der Waals surface area contributed by atoms with E-state index < -0.39 is 0 Å². The summed E-state index contributed by atoms with van der Waals surface area (Å²) in [6, 6.07) is 0. The van der Waals surface area contributed by atoms with Gasteiger partial charge >= 0.3 is 0 Å². The van der Waals surface area contributed by atoms with Crippen LogP contribution in [0.5, 0.6) is 0 Å². The third kappa shape index (κ3) is 2.56. The van der Waals surface area contributed by atoms with Crippen molar-refractivity contribution in [1.29, 1.82) is 0 Å². The van der Waals surface area contributed by atoms with Crippen LogP contribution < -0.4 is 5.73 Å². The molecule has 0 aromatic carbocycles. The average molecular weight is 250 g/mol. The Bertz CT molecular complexity index is 312. The molecular weight excluding hydrogens is 224 g/mol. The SMILES string of the molecule is NC1(C2CC2)CN(C(=O)CCC2CCCCC2)C1. The van der Waals surface area contributed by atoms with E-state index in [0.29, 0.717) is 11.8 Å². The zero-order chi connectivity index (χ0) is 12.6. The van der Waals surface area contributed by atoms with Crippen LogP contribution in [0, 0.1) is 11.8 Å². The third-order valence-electron chi connectivity index (χ3n) is 5.20. The first kappa shape index (κ1) is 12.5. The lowest BCUT2D eigenvalue weighted by molar-refractivity contribution is -0.139. The van der Waals surface area contributed by atoms with Crippen LogP contribution in [0.2, 0.25) is 0 Å². The Hall–Kier alpha value is -0.570. The summed E-state index contributed by atoms with van der Waals surface area (Å²) in [7, 11) is 0. The summed E-state index contributed by atoms with van der Waals surface area (Å²) < 4.78 is 0. The highest BCUT2D eigenvalue weighted by molar-refractivity contribution is 5.77. The summed E-state index contributed by atoms with van der Waals surface area (Å²) in [6.45, 7) is 1.64. The van der Waals surface area contributed by atoms with Crippen molar-refractivity contribution in [2.24, 2.45) is 17.6 Å². The molecule has 2 aliphatic carbocycles. The Balaban J connectivity index is 1.37. The number of carbonyl (C=O) groups excluding carboxylic acids is 1. The number of hydrogen-bond acceptors (Lipinski definition) is 2. The summed E-state index contributed by atoms with van der Waals surface area (Å²) >= 11 is 0. The van der Waals surface area contributed by atoms with E-state index in [4.69, 9.17) is 5.73 Å². The molecule has 2 N–H and O–H groups in total. The van der Waals surface area contributed by atoms with Crippen LogP contribution in [0.15, 0.2) is 0 Å². The van der Waals surface area contributed by atoms with E-state index in [9.17, 15) is 4.79 Å². The van der Waals surface area contributed by atoms with E-state index in [1.54, 1.807) is 0 Å².